The molecule has 2 atom stereocenters. The lowest BCUT2D eigenvalue weighted by atomic mass is 10.2. The Balaban J connectivity index is 2.53. The van der Waals surface area contributed by atoms with Crippen LogP contribution in [-0.4, -0.2) is 31.1 Å². The molecule has 0 radical (unpaired) electrons. The molecule has 0 aliphatic heterocycles. The number of benzene rings is 1. The van der Waals surface area contributed by atoms with E-state index in [1.165, 1.54) is 0 Å². The van der Waals surface area contributed by atoms with Crippen molar-refractivity contribution in [2.75, 3.05) is 14.1 Å². The summed E-state index contributed by atoms with van der Waals surface area (Å²) in [6, 6.07) is 10.4. The highest BCUT2D eigenvalue weighted by Crippen LogP contribution is 2.13. The maximum absolute atomic E-state index is 5.80. The third-order valence-corrected chi connectivity index (χ3v) is 2.56. The number of nitrogens with zero attached hydrogens (tertiary/aromatic N) is 1. The molecule has 0 N–H and O–H groups in total. The van der Waals surface area contributed by atoms with Gasteiger partial charge in [-0.1, -0.05) is 18.2 Å². The van der Waals surface area contributed by atoms with Crippen LogP contribution in [-0.2, 0) is 0 Å². The molecule has 0 amide bonds. The van der Waals surface area contributed by atoms with Crippen LogP contribution in [0, 0.1) is 0 Å². The highest BCUT2D eigenvalue weighted by molar-refractivity contribution is 5.21. The van der Waals surface area contributed by atoms with Crippen molar-refractivity contribution < 1.29 is 4.74 Å². The molecule has 2 heteroatoms. The Morgan fingerprint density at radius 2 is 1.64 bits per heavy atom. The van der Waals surface area contributed by atoms with Crippen molar-refractivity contribution >= 4 is 0 Å². The van der Waals surface area contributed by atoms with Gasteiger partial charge in [0.15, 0.2) is 0 Å². The van der Waals surface area contributed by atoms with E-state index in [-0.39, 0.29) is 6.10 Å². The number of hydrogen-bond donors (Lipinski definition) is 0. The van der Waals surface area contributed by atoms with Gasteiger partial charge in [-0.05, 0) is 40.1 Å². The zero-order valence-electron chi connectivity index (χ0n) is 9.40. The van der Waals surface area contributed by atoms with Crippen LogP contribution in [0.1, 0.15) is 13.8 Å². The lowest BCUT2D eigenvalue weighted by Crippen LogP contribution is -2.37. The molecule has 78 valence electrons. The Kier molecular flexibility index (Phi) is 3.96. The lowest BCUT2D eigenvalue weighted by molar-refractivity contribution is 0.121. The maximum Gasteiger partial charge on any atom is 0.119 e. The quantitative estimate of drug-likeness (QED) is 0.728. The Bertz CT molecular complexity index is 258. The van der Waals surface area contributed by atoms with E-state index in [0.29, 0.717) is 6.04 Å². The third-order valence-electron chi connectivity index (χ3n) is 2.56. The van der Waals surface area contributed by atoms with E-state index >= 15 is 0 Å². The molecular formula is C12H19NO. The minimum absolute atomic E-state index is 0.201. The fraction of sp³-hybridized carbons (Fsp3) is 0.500. The van der Waals surface area contributed by atoms with Gasteiger partial charge in [0.25, 0.3) is 0 Å². The van der Waals surface area contributed by atoms with Gasteiger partial charge >= 0.3 is 0 Å². The second kappa shape index (κ2) is 5.01. The van der Waals surface area contributed by atoms with Gasteiger partial charge in [0.2, 0.25) is 0 Å². The molecular weight excluding hydrogens is 174 g/mol. The molecule has 1 aromatic carbocycles. The Hall–Kier alpha value is -1.02. The Morgan fingerprint density at radius 3 is 2.14 bits per heavy atom. The average molecular weight is 193 g/mol. The fourth-order valence-electron chi connectivity index (χ4n) is 1.23. The zero-order valence-corrected chi connectivity index (χ0v) is 9.40. The number of ether oxygens (including phenoxy) is 1. The minimum Gasteiger partial charge on any atom is -0.489 e. The molecule has 0 aliphatic rings. The highest BCUT2D eigenvalue weighted by Gasteiger charge is 2.15. The van der Waals surface area contributed by atoms with E-state index in [9.17, 15) is 0 Å². The van der Waals surface area contributed by atoms with E-state index in [0.717, 1.165) is 5.75 Å². The summed E-state index contributed by atoms with van der Waals surface area (Å²) in [6.07, 6.45) is 0.201. The fourth-order valence-corrected chi connectivity index (χ4v) is 1.23. The molecule has 0 fully saturated rings. The van der Waals surface area contributed by atoms with E-state index in [1.807, 2.05) is 30.3 Å². The van der Waals surface area contributed by atoms with Crippen molar-refractivity contribution in [2.45, 2.75) is 26.0 Å². The maximum atomic E-state index is 5.80. The largest absolute Gasteiger partial charge is 0.489 e. The first-order chi connectivity index (χ1) is 6.61. The summed E-state index contributed by atoms with van der Waals surface area (Å²) in [5.74, 6) is 0.939. The average Bonchev–Trinajstić information content (AvgIpc) is 2.18. The summed E-state index contributed by atoms with van der Waals surface area (Å²) in [5.41, 5.74) is 0. The molecule has 0 unspecified atom stereocenters. The van der Waals surface area contributed by atoms with E-state index < -0.39 is 0 Å². The van der Waals surface area contributed by atoms with E-state index in [4.69, 9.17) is 4.74 Å². The number of rotatable bonds is 4. The SMILES string of the molecule is C[C@H]([C@@H](C)Oc1ccccc1)N(C)C. The van der Waals surface area contributed by atoms with Gasteiger partial charge in [0.05, 0.1) is 0 Å². The summed E-state index contributed by atoms with van der Waals surface area (Å²) in [4.78, 5) is 2.16. The van der Waals surface area contributed by atoms with Crippen molar-refractivity contribution in [1.29, 1.82) is 0 Å². The van der Waals surface area contributed by atoms with Gasteiger partial charge in [0.1, 0.15) is 11.9 Å². The molecule has 2 nitrogen and oxygen atoms in total. The van der Waals surface area contributed by atoms with Gasteiger partial charge < -0.3 is 9.64 Å². The Labute approximate surface area is 86.5 Å². The summed E-state index contributed by atoms with van der Waals surface area (Å²) >= 11 is 0. The highest BCUT2D eigenvalue weighted by atomic mass is 16.5. The summed E-state index contributed by atoms with van der Waals surface area (Å²) in [6.45, 7) is 4.26. The topological polar surface area (TPSA) is 12.5 Å². The van der Waals surface area contributed by atoms with Crippen molar-refractivity contribution in [3.8, 4) is 5.75 Å². The van der Waals surface area contributed by atoms with Crippen molar-refractivity contribution in [1.82, 2.24) is 4.90 Å². The van der Waals surface area contributed by atoms with E-state index in [2.05, 4.69) is 32.8 Å². The number of hydrogen-bond acceptors (Lipinski definition) is 2. The smallest absolute Gasteiger partial charge is 0.119 e. The predicted molar refractivity (Wildman–Crippen MR) is 59.7 cm³/mol. The first-order valence-corrected chi connectivity index (χ1v) is 4.99. The minimum atomic E-state index is 0.201. The number of likely N-dealkylation sites (N-methyl/N-ethyl adjacent to an activating group) is 1. The van der Waals surface area contributed by atoms with Crippen molar-refractivity contribution in [2.24, 2.45) is 0 Å². The third kappa shape index (κ3) is 3.04. The molecule has 0 heterocycles. The normalized spacial score (nSPS) is 15.2. The van der Waals surface area contributed by atoms with Crippen LogP contribution < -0.4 is 4.74 Å². The van der Waals surface area contributed by atoms with Crippen molar-refractivity contribution in [3.05, 3.63) is 30.3 Å². The van der Waals surface area contributed by atoms with Crippen molar-refractivity contribution in [3.63, 3.8) is 0 Å². The Morgan fingerprint density at radius 1 is 1.07 bits per heavy atom. The van der Waals surface area contributed by atoms with Crippen LogP contribution in [0.25, 0.3) is 0 Å². The van der Waals surface area contributed by atoms with Crippen LogP contribution in [0.3, 0.4) is 0 Å². The molecule has 1 rings (SSSR count). The predicted octanol–water partition coefficient (Wildman–Crippen LogP) is 2.40. The number of para-hydroxylation sites is 1. The summed E-state index contributed by atoms with van der Waals surface area (Å²) in [7, 11) is 4.13. The second-order valence-corrected chi connectivity index (χ2v) is 3.84. The molecule has 1 aromatic rings. The molecule has 0 saturated heterocycles. The molecule has 0 saturated carbocycles. The van der Waals surface area contributed by atoms with Crippen LogP contribution in [0.15, 0.2) is 30.3 Å². The van der Waals surface area contributed by atoms with Crippen LogP contribution >= 0.6 is 0 Å². The molecule has 0 aromatic heterocycles. The van der Waals surface area contributed by atoms with Crippen LogP contribution in [0.5, 0.6) is 5.75 Å². The van der Waals surface area contributed by atoms with Gasteiger partial charge in [-0.2, -0.15) is 0 Å². The van der Waals surface area contributed by atoms with Crippen LogP contribution in [0.2, 0.25) is 0 Å². The zero-order chi connectivity index (χ0) is 10.6. The van der Waals surface area contributed by atoms with Gasteiger partial charge in [-0.3, -0.25) is 0 Å². The van der Waals surface area contributed by atoms with Gasteiger partial charge in [-0.25, -0.2) is 0 Å². The summed E-state index contributed by atoms with van der Waals surface area (Å²) < 4.78 is 5.80. The van der Waals surface area contributed by atoms with Crippen LogP contribution in [0.4, 0.5) is 0 Å². The summed E-state index contributed by atoms with van der Waals surface area (Å²) in [5, 5.41) is 0. The first-order valence-electron chi connectivity index (χ1n) is 4.99. The molecule has 0 spiro atoms. The van der Waals surface area contributed by atoms with Gasteiger partial charge in [-0.15, -0.1) is 0 Å². The molecule has 14 heavy (non-hydrogen) atoms. The standard InChI is InChI=1S/C12H19NO/c1-10(13(3)4)11(2)14-12-8-6-5-7-9-12/h5-11H,1-4H3/t10-,11-/m1/s1. The monoisotopic (exact) mass is 193 g/mol. The molecule has 0 bridgehead atoms. The lowest BCUT2D eigenvalue weighted by Gasteiger charge is -2.26. The molecule has 0 aliphatic carbocycles. The second-order valence-electron chi connectivity index (χ2n) is 3.84. The van der Waals surface area contributed by atoms with Gasteiger partial charge in [0, 0.05) is 6.04 Å². The van der Waals surface area contributed by atoms with E-state index in [1.54, 1.807) is 0 Å². The first kappa shape index (κ1) is 11.1.